The van der Waals surface area contributed by atoms with Crippen LogP contribution in [0.5, 0.6) is 0 Å². The van der Waals surface area contributed by atoms with Gasteiger partial charge in [-0.1, -0.05) is 57.9 Å². The van der Waals surface area contributed by atoms with Gasteiger partial charge in [-0.2, -0.15) is 0 Å². The largest absolute Gasteiger partial charge is 0.354 e. The van der Waals surface area contributed by atoms with Crippen molar-refractivity contribution in [3.8, 4) is 0 Å². The van der Waals surface area contributed by atoms with Crippen LogP contribution in [0, 0.1) is 0 Å². The molecule has 140 valence electrons. The fraction of sp³-hybridized carbons (Fsp3) is 0.810. The number of carbonyl (C=O) groups is 2. The molecule has 0 bridgehead atoms. The monoisotopic (exact) mass is 337 g/mol. The number of hydrogen-bond acceptors (Lipinski definition) is 2. The Balaban J connectivity index is 3.39. The fourth-order valence-corrected chi connectivity index (χ4v) is 2.67. The van der Waals surface area contributed by atoms with Crippen LogP contribution in [-0.2, 0) is 9.59 Å². The number of amides is 1. The Hall–Kier alpha value is -1.12. The summed E-state index contributed by atoms with van der Waals surface area (Å²) in [7, 11) is 0. The molecule has 1 amide bonds. The number of rotatable bonds is 16. The van der Waals surface area contributed by atoms with Crippen LogP contribution < -0.4 is 5.32 Å². The molecule has 0 aromatic heterocycles. The lowest BCUT2D eigenvalue weighted by Crippen LogP contribution is -2.29. The summed E-state index contributed by atoms with van der Waals surface area (Å²) in [6.07, 6.45) is 17.7. The van der Waals surface area contributed by atoms with Crippen LogP contribution >= 0.6 is 0 Å². The molecule has 1 N–H and O–H groups in total. The van der Waals surface area contributed by atoms with Gasteiger partial charge in [0.15, 0.2) is 5.78 Å². The normalized spacial score (nSPS) is 11.3. The molecule has 3 heteroatoms. The standard InChI is InChI=1S/C21H39NO2/c1-4-5-6-7-10-13-16-20(23)17-14-11-8-9-12-15-18-21(24)22-19(2)3/h14,17,19H,4-13,15-16,18H2,1-3H3,(H,22,24)/b17-14+. The van der Waals surface area contributed by atoms with E-state index in [9.17, 15) is 9.59 Å². The summed E-state index contributed by atoms with van der Waals surface area (Å²) in [6, 6.07) is 0.233. The molecule has 0 heterocycles. The van der Waals surface area contributed by atoms with Gasteiger partial charge in [0.1, 0.15) is 0 Å². The topological polar surface area (TPSA) is 46.2 Å². The van der Waals surface area contributed by atoms with Crippen molar-refractivity contribution in [1.82, 2.24) is 5.32 Å². The third-order valence-electron chi connectivity index (χ3n) is 4.05. The zero-order valence-electron chi connectivity index (χ0n) is 16.2. The molecular weight excluding hydrogens is 298 g/mol. The second kappa shape index (κ2) is 16.7. The minimum atomic E-state index is 0.158. The Kier molecular flexibility index (Phi) is 15.9. The summed E-state index contributed by atoms with van der Waals surface area (Å²) in [5.74, 6) is 0.432. The van der Waals surface area contributed by atoms with E-state index in [2.05, 4.69) is 12.2 Å². The molecule has 0 aliphatic rings. The maximum absolute atomic E-state index is 11.7. The molecule has 0 atom stereocenters. The summed E-state index contributed by atoms with van der Waals surface area (Å²) in [4.78, 5) is 23.2. The van der Waals surface area contributed by atoms with E-state index in [1.165, 1.54) is 32.1 Å². The Morgan fingerprint density at radius 2 is 1.42 bits per heavy atom. The maximum Gasteiger partial charge on any atom is 0.220 e. The summed E-state index contributed by atoms with van der Waals surface area (Å²) in [6.45, 7) is 6.19. The van der Waals surface area contributed by atoms with Crippen molar-refractivity contribution in [3.63, 3.8) is 0 Å². The van der Waals surface area contributed by atoms with Gasteiger partial charge in [-0.15, -0.1) is 0 Å². The van der Waals surface area contributed by atoms with Gasteiger partial charge in [-0.25, -0.2) is 0 Å². The molecule has 0 radical (unpaired) electrons. The molecule has 24 heavy (non-hydrogen) atoms. The Labute approximate surface area is 149 Å². The van der Waals surface area contributed by atoms with Crippen molar-refractivity contribution in [1.29, 1.82) is 0 Å². The Morgan fingerprint density at radius 3 is 2.08 bits per heavy atom. The van der Waals surface area contributed by atoms with E-state index in [0.717, 1.165) is 38.5 Å². The van der Waals surface area contributed by atoms with Crippen molar-refractivity contribution in [3.05, 3.63) is 12.2 Å². The van der Waals surface area contributed by atoms with Crippen LogP contribution in [0.1, 0.15) is 104 Å². The first-order chi connectivity index (χ1) is 11.6. The van der Waals surface area contributed by atoms with E-state index >= 15 is 0 Å². The smallest absolute Gasteiger partial charge is 0.220 e. The number of nitrogens with one attached hydrogen (secondary N) is 1. The molecule has 0 aliphatic carbocycles. The van der Waals surface area contributed by atoms with Gasteiger partial charge in [0.2, 0.25) is 5.91 Å². The van der Waals surface area contributed by atoms with Crippen molar-refractivity contribution in [2.45, 2.75) is 110 Å². The highest BCUT2D eigenvalue weighted by atomic mass is 16.1. The Morgan fingerprint density at radius 1 is 0.833 bits per heavy atom. The van der Waals surface area contributed by atoms with Gasteiger partial charge < -0.3 is 5.32 Å². The third kappa shape index (κ3) is 17.2. The molecule has 3 nitrogen and oxygen atoms in total. The molecule has 0 aromatic rings. The third-order valence-corrected chi connectivity index (χ3v) is 4.05. The number of ketones is 1. The second-order valence-corrected chi connectivity index (χ2v) is 7.06. The zero-order valence-corrected chi connectivity index (χ0v) is 16.2. The maximum atomic E-state index is 11.7. The predicted molar refractivity (Wildman–Crippen MR) is 103 cm³/mol. The number of hydrogen-bond donors (Lipinski definition) is 1. The van der Waals surface area contributed by atoms with Gasteiger partial charge in [-0.3, -0.25) is 9.59 Å². The number of carbonyl (C=O) groups excluding carboxylic acids is 2. The fourth-order valence-electron chi connectivity index (χ4n) is 2.67. The van der Waals surface area contributed by atoms with E-state index in [0.29, 0.717) is 12.8 Å². The first-order valence-corrected chi connectivity index (χ1v) is 10.0. The SMILES string of the molecule is CCCCCCCCC(=O)/C=C/CCCCCCC(=O)NC(C)C. The molecule has 0 aliphatic heterocycles. The van der Waals surface area contributed by atoms with Gasteiger partial charge in [0.05, 0.1) is 0 Å². The van der Waals surface area contributed by atoms with Gasteiger partial charge >= 0.3 is 0 Å². The molecule has 0 aromatic carbocycles. The van der Waals surface area contributed by atoms with Crippen LogP contribution in [0.3, 0.4) is 0 Å². The zero-order chi connectivity index (χ0) is 18.0. The molecule has 0 saturated carbocycles. The van der Waals surface area contributed by atoms with Gasteiger partial charge in [0, 0.05) is 18.9 Å². The minimum absolute atomic E-state index is 0.158. The molecular formula is C21H39NO2. The van der Waals surface area contributed by atoms with Crippen LogP contribution in [0.2, 0.25) is 0 Å². The van der Waals surface area contributed by atoms with Crippen molar-refractivity contribution >= 4 is 11.7 Å². The van der Waals surface area contributed by atoms with E-state index in [1.54, 1.807) is 6.08 Å². The predicted octanol–water partition coefficient (Wildman–Crippen LogP) is 5.73. The van der Waals surface area contributed by atoms with E-state index < -0.39 is 0 Å². The lowest BCUT2D eigenvalue weighted by molar-refractivity contribution is -0.121. The molecule has 0 rings (SSSR count). The number of allylic oxidation sites excluding steroid dienone is 2. The highest BCUT2D eigenvalue weighted by Gasteiger charge is 2.02. The van der Waals surface area contributed by atoms with Crippen LogP contribution in [0.15, 0.2) is 12.2 Å². The number of unbranched alkanes of at least 4 members (excludes halogenated alkanes) is 9. The lowest BCUT2D eigenvalue weighted by atomic mass is 10.1. The van der Waals surface area contributed by atoms with Crippen molar-refractivity contribution in [2.24, 2.45) is 0 Å². The summed E-state index contributed by atoms with van der Waals surface area (Å²) < 4.78 is 0. The highest BCUT2D eigenvalue weighted by molar-refractivity contribution is 5.89. The first-order valence-electron chi connectivity index (χ1n) is 10.0. The van der Waals surface area contributed by atoms with E-state index in [1.807, 2.05) is 19.9 Å². The average Bonchev–Trinajstić information content (AvgIpc) is 2.52. The first kappa shape index (κ1) is 22.9. The van der Waals surface area contributed by atoms with Crippen molar-refractivity contribution < 1.29 is 9.59 Å². The van der Waals surface area contributed by atoms with Crippen LogP contribution in [-0.4, -0.2) is 17.7 Å². The van der Waals surface area contributed by atoms with Crippen LogP contribution in [0.25, 0.3) is 0 Å². The highest BCUT2D eigenvalue weighted by Crippen LogP contribution is 2.09. The van der Waals surface area contributed by atoms with E-state index in [-0.39, 0.29) is 17.7 Å². The molecule has 0 saturated heterocycles. The lowest BCUT2D eigenvalue weighted by Gasteiger charge is -2.07. The minimum Gasteiger partial charge on any atom is -0.354 e. The molecule has 0 unspecified atom stereocenters. The molecule has 0 fully saturated rings. The molecule has 0 spiro atoms. The van der Waals surface area contributed by atoms with Crippen molar-refractivity contribution in [2.75, 3.05) is 0 Å². The van der Waals surface area contributed by atoms with Crippen LogP contribution in [0.4, 0.5) is 0 Å². The quantitative estimate of drug-likeness (QED) is 0.289. The van der Waals surface area contributed by atoms with E-state index in [4.69, 9.17) is 0 Å². The Bertz CT molecular complexity index is 348. The summed E-state index contributed by atoms with van der Waals surface area (Å²) in [5.41, 5.74) is 0. The van der Waals surface area contributed by atoms with Gasteiger partial charge in [0.25, 0.3) is 0 Å². The second-order valence-electron chi connectivity index (χ2n) is 7.06. The average molecular weight is 338 g/mol. The summed E-state index contributed by atoms with van der Waals surface area (Å²) in [5, 5.41) is 2.91. The van der Waals surface area contributed by atoms with Gasteiger partial charge in [-0.05, 0) is 45.6 Å². The summed E-state index contributed by atoms with van der Waals surface area (Å²) >= 11 is 0.